The van der Waals surface area contributed by atoms with Crippen molar-refractivity contribution in [1.82, 2.24) is 0 Å². The molecular formula is C12H18Br2O. The van der Waals surface area contributed by atoms with Gasteiger partial charge in [0.25, 0.3) is 0 Å². The fourth-order valence-electron chi connectivity index (χ4n) is 2.31. The Kier molecular flexibility index (Phi) is 4.24. The second kappa shape index (κ2) is 4.72. The van der Waals surface area contributed by atoms with E-state index in [1.165, 1.54) is 0 Å². The highest BCUT2D eigenvalue weighted by molar-refractivity contribution is 9.25. The van der Waals surface area contributed by atoms with Gasteiger partial charge in [-0.05, 0) is 19.3 Å². The molecule has 0 bridgehead atoms. The fourth-order valence-corrected chi connectivity index (χ4v) is 4.60. The van der Waals surface area contributed by atoms with Crippen LogP contribution in [0.1, 0.15) is 26.2 Å². The summed E-state index contributed by atoms with van der Waals surface area (Å²) in [5, 5.41) is 10.0. The van der Waals surface area contributed by atoms with Crippen LogP contribution < -0.4 is 0 Å². The number of hydrogen-bond donors (Lipinski definition) is 1. The topological polar surface area (TPSA) is 20.2 Å². The first-order chi connectivity index (χ1) is 6.91. The highest BCUT2D eigenvalue weighted by Gasteiger charge is 2.72. The Hall–Kier alpha value is 0.400. The summed E-state index contributed by atoms with van der Waals surface area (Å²) in [5.74, 6) is 0.239. The van der Waals surface area contributed by atoms with Crippen LogP contribution in [0.3, 0.4) is 0 Å². The smallest absolute Gasteiger partial charge is 0.0921 e. The maximum atomic E-state index is 10.0. The second-order valence-electron chi connectivity index (χ2n) is 4.44. The van der Waals surface area contributed by atoms with Crippen LogP contribution in [0.5, 0.6) is 0 Å². The summed E-state index contributed by atoms with van der Waals surface area (Å²) in [4.78, 5) is 0. The summed E-state index contributed by atoms with van der Waals surface area (Å²) in [6.45, 7) is 9.59. The number of aliphatic hydroxyl groups is 1. The Morgan fingerprint density at radius 3 is 2.47 bits per heavy atom. The van der Waals surface area contributed by atoms with E-state index >= 15 is 0 Å². The molecule has 0 aromatic heterocycles. The molecule has 1 rings (SSSR count). The fraction of sp³-hybridized carbons (Fsp3) is 0.667. The van der Waals surface area contributed by atoms with E-state index in [0.717, 1.165) is 12.8 Å². The van der Waals surface area contributed by atoms with Crippen molar-refractivity contribution < 1.29 is 5.11 Å². The van der Waals surface area contributed by atoms with Gasteiger partial charge in [0.05, 0.1) is 9.34 Å². The van der Waals surface area contributed by atoms with Crippen LogP contribution in [0.2, 0.25) is 0 Å². The van der Waals surface area contributed by atoms with Crippen LogP contribution in [0.15, 0.2) is 25.3 Å². The molecule has 0 amide bonds. The molecule has 0 aromatic carbocycles. The molecular weight excluding hydrogens is 320 g/mol. The molecule has 15 heavy (non-hydrogen) atoms. The predicted octanol–water partition coefficient (Wildman–Crippen LogP) is 4.01. The molecule has 2 unspecified atom stereocenters. The quantitative estimate of drug-likeness (QED) is 0.573. The van der Waals surface area contributed by atoms with Crippen molar-refractivity contribution in [3.63, 3.8) is 0 Å². The van der Waals surface area contributed by atoms with E-state index in [-0.39, 0.29) is 20.7 Å². The number of allylic oxidation sites excluding steroid dienone is 1. The van der Waals surface area contributed by atoms with Crippen LogP contribution >= 0.6 is 31.9 Å². The van der Waals surface area contributed by atoms with E-state index < -0.39 is 0 Å². The monoisotopic (exact) mass is 336 g/mol. The van der Waals surface area contributed by atoms with Crippen LogP contribution in [0.25, 0.3) is 0 Å². The molecule has 1 N–H and O–H groups in total. The summed E-state index contributed by atoms with van der Waals surface area (Å²) >= 11 is 7.33. The SMILES string of the molecule is C=CCCC1(C)C([C@@H](O)CC=C)C1(Br)Br. The Balaban J connectivity index is 2.67. The van der Waals surface area contributed by atoms with Crippen LogP contribution in [0, 0.1) is 11.3 Å². The van der Waals surface area contributed by atoms with Crippen molar-refractivity contribution in [3.05, 3.63) is 25.3 Å². The normalized spacial score (nSPS) is 34.5. The highest BCUT2D eigenvalue weighted by Crippen LogP contribution is 2.74. The maximum Gasteiger partial charge on any atom is 0.0921 e. The van der Waals surface area contributed by atoms with Crippen LogP contribution in [-0.2, 0) is 0 Å². The molecule has 1 saturated carbocycles. The molecule has 0 spiro atoms. The van der Waals surface area contributed by atoms with Gasteiger partial charge >= 0.3 is 0 Å². The Morgan fingerprint density at radius 1 is 1.40 bits per heavy atom. The first kappa shape index (κ1) is 13.5. The molecule has 0 radical (unpaired) electrons. The zero-order chi connectivity index (χ0) is 11.7. The molecule has 3 heteroatoms. The largest absolute Gasteiger partial charge is 0.392 e. The first-order valence-electron chi connectivity index (χ1n) is 5.19. The predicted molar refractivity (Wildman–Crippen MR) is 72.4 cm³/mol. The molecule has 0 saturated heterocycles. The lowest BCUT2D eigenvalue weighted by atomic mass is 9.96. The minimum Gasteiger partial charge on any atom is -0.392 e. The van der Waals surface area contributed by atoms with Gasteiger partial charge in [-0.15, -0.1) is 13.2 Å². The summed E-state index contributed by atoms with van der Waals surface area (Å²) in [6.07, 6.45) is 6.03. The minimum atomic E-state index is -0.323. The van der Waals surface area contributed by atoms with Crippen LogP contribution in [-0.4, -0.2) is 14.4 Å². The van der Waals surface area contributed by atoms with E-state index in [1.54, 1.807) is 6.08 Å². The van der Waals surface area contributed by atoms with E-state index in [4.69, 9.17) is 0 Å². The summed E-state index contributed by atoms with van der Waals surface area (Å²) in [7, 11) is 0. The Morgan fingerprint density at radius 2 is 2.00 bits per heavy atom. The van der Waals surface area contributed by atoms with Gasteiger partial charge in [-0.3, -0.25) is 0 Å². The van der Waals surface area contributed by atoms with E-state index in [9.17, 15) is 5.11 Å². The number of aliphatic hydroxyl groups excluding tert-OH is 1. The maximum absolute atomic E-state index is 10.0. The lowest BCUT2D eigenvalue weighted by molar-refractivity contribution is 0.135. The van der Waals surface area contributed by atoms with Crippen molar-refractivity contribution in [2.24, 2.45) is 11.3 Å². The summed E-state index contributed by atoms with van der Waals surface area (Å²) < 4.78 is -0.127. The molecule has 0 heterocycles. The Bertz CT molecular complexity index is 262. The lowest BCUT2D eigenvalue weighted by Gasteiger charge is -2.12. The van der Waals surface area contributed by atoms with Crippen molar-refractivity contribution >= 4 is 31.9 Å². The Labute approximate surface area is 109 Å². The van der Waals surface area contributed by atoms with Gasteiger partial charge in [-0.25, -0.2) is 0 Å². The summed E-state index contributed by atoms with van der Waals surface area (Å²) in [5.41, 5.74) is 0.101. The van der Waals surface area contributed by atoms with Crippen molar-refractivity contribution in [1.29, 1.82) is 0 Å². The van der Waals surface area contributed by atoms with Crippen molar-refractivity contribution in [2.75, 3.05) is 0 Å². The number of rotatable bonds is 6. The van der Waals surface area contributed by atoms with Gasteiger partial charge in [0.1, 0.15) is 0 Å². The van der Waals surface area contributed by atoms with Crippen molar-refractivity contribution in [2.45, 2.75) is 35.5 Å². The van der Waals surface area contributed by atoms with Crippen molar-refractivity contribution in [3.8, 4) is 0 Å². The zero-order valence-electron chi connectivity index (χ0n) is 9.05. The first-order valence-corrected chi connectivity index (χ1v) is 6.78. The van der Waals surface area contributed by atoms with Gasteiger partial charge in [0.15, 0.2) is 0 Å². The molecule has 3 atom stereocenters. The van der Waals surface area contributed by atoms with E-state index in [1.807, 2.05) is 6.08 Å². The van der Waals surface area contributed by atoms with Gasteiger partial charge in [0.2, 0.25) is 0 Å². The standard InChI is InChI=1S/C12H18Br2O/c1-4-6-8-11(3)10(12(11,13)14)9(15)7-5-2/h4-5,9-10,15H,1-2,6-8H2,3H3/t9-,10?,11?/m0/s1. The number of hydrogen-bond acceptors (Lipinski definition) is 1. The molecule has 0 aromatic rings. The van der Waals surface area contributed by atoms with E-state index in [0.29, 0.717) is 6.42 Å². The second-order valence-corrected chi connectivity index (χ2v) is 8.00. The molecule has 0 aliphatic heterocycles. The molecule has 1 fully saturated rings. The molecule has 1 aliphatic rings. The molecule has 1 nitrogen and oxygen atoms in total. The van der Waals surface area contributed by atoms with Gasteiger partial charge in [0, 0.05) is 11.3 Å². The third kappa shape index (κ3) is 2.25. The zero-order valence-corrected chi connectivity index (χ0v) is 12.2. The average molecular weight is 338 g/mol. The lowest BCUT2D eigenvalue weighted by Crippen LogP contribution is -2.13. The summed E-state index contributed by atoms with van der Waals surface area (Å²) in [6, 6.07) is 0. The minimum absolute atomic E-state index is 0.101. The number of halogens is 2. The van der Waals surface area contributed by atoms with Gasteiger partial charge in [-0.2, -0.15) is 0 Å². The molecule has 1 aliphatic carbocycles. The number of alkyl halides is 2. The highest BCUT2D eigenvalue weighted by atomic mass is 79.9. The van der Waals surface area contributed by atoms with Gasteiger partial charge < -0.3 is 5.11 Å². The van der Waals surface area contributed by atoms with Crippen LogP contribution in [0.4, 0.5) is 0 Å². The van der Waals surface area contributed by atoms with E-state index in [2.05, 4.69) is 51.9 Å². The molecule has 86 valence electrons. The average Bonchev–Trinajstić information content (AvgIpc) is 2.58. The van der Waals surface area contributed by atoms with Gasteiger partial charge in [-0.1, -0.05) is 50.9 Å². The third-order valence-electron chi connectivity index (χ3n) is 3.42. The third-order valence-corrected chi connectivity index (χ3v) is 6.21.